The molecule has 3 N–H and O–H groups in total. The van der Waals surface area contributed by atoms with E-state index in [9.17, 15) is 0 Å². The molecule has 0 saturated heterocycles. The Kier molecular flexibility index (Phi) is 5.26. The summed E-state index contributed by atoms with van der Waals surface area (Å²) < 4.78 is 2.17. The second kappa shape index (κ2) is 5.99. The van der Waals surface area contributed by atoms with Crippen molar-refractivity contribution in [3.8, 4) is 0 Å². The number of nitrogens with two attached hydrogens (primary N) is 1. The van der Waals surface area contributed by atoms with Gasteiger partial charge in [0, 0.05) is 15.0 Å². The summed E-state index contributed by atoms with van der Waals surface area (Å²) in [5, 5.41) is 0. The van der Waals surface area contributed by atoms with Gasteiger partial charge in [-0.25, -0.2) is 0 Å². The molecule has 2 nitrogen and oxygen atoms in total. The molecule has 1 aromatic carbocycles. The molecular formula is C11H16Br2N2. The Morgan fingerprint density at radius 3 is 2.60 bits per heavy atom. The lowest BCUT2D eigenvalue weighted by Gasteiger charge is -2.23. The number of nitrogens with one attached hydrogen (secondary N) is 1. The fourth-order valence-electron chi connectivity index (χ4n) is 1.55. The average Bonchev–Trinajstić information content (AvgIpc) is 2.23. The molecule has 0 aliphatic carbocycles. The zero-order chi connectivity index (χ0) is 11.4. The Hall–Kier alpha value is 0.1000. The molecule has 0 radical (unpaired) electrons. The average molecular weight is 336 g/mol. The fourth-order valence-corrected chi connectivity index (χ4v) is 2.42. The van der Waals surface area contributed by atoms with Crippen molar-refractivity contribution in [3.63, 3.8) is 0 Å². The third-order valence-corrected chi connectivity index (χ3v) is 3.90. The van der Waals surface area contributed by atoms with Crippen molar-refractivity contribution in [1.82, 2.24) is 5.43 Å². The largest absolute Gasteiger partial charge is 0.271 e. The first-order valence-electron chi connectivity index (χ1n) is 5.01. The van der Waals surface area contributed by atoms with Gasteiger partial charge in [0.25, 0.3) is 0 Å². The molecule has 1 aromatic rings. The number of hydrogen-bond donors (Lipinski definition) is 2. The van der Waals surface area contributed by atoms with Crippen LogP contribution in [-0.2, 0) is 0 Å². The summed E-state index contributed by atoms with van der Waals surface area (Å²) in [4.78, 5) is 0. The van der Waals surface area contributed by atoms with Gasteiger partial charge in [0.2, 0.25) is 0 Å². The van der Waals surface area contributed by atoms with E-state index in [1.807, 2.05) is 12.1 Å². The van der Waals surface area contributed by atoms with Crippen LogP contribution in [0, 0.1) is 5.92 Å². The maximum Gasteiger partial charge on any atom is 0.0496 e. The molecule has 4 heteroatoms. The van der Waals surface area contributed by atoms with Crippen LogP contribution in [0.15, 0.2) is 27.1 Å². The first-order chi connectivity index (χ1) is 7.10. The second-order valence-corrected chi connectivity index (χ2v) is 5.47. The Morgan fingerprint density at radius 2 is 2.07 bits per heavy atom. The number of halogens is 2. The number of rotatable bonds is 4. The molecule has 84 valence electrons. The van der Waals surface area contributed by atoms with Crippen molar-refractivity contribution < 1.29 is 0 Å². The van der Waals surface area contributed by atoms with Gasteiger partial charge in [-0.2, -0.15) is 0 Å². The SMILES string of the molecule is CCC(C)C(NN)c1cc(Br)ccc1Br. The van der Waals surface area contributed by atoms with E-state index in [1.165, 1.54) is 5.56 Å². The maximum atomic E-state index is 5.61. The van der Waals surface area contributed by atoms with Crippen LogP contribution in [-0.4, -0.2) is 0 Å². The molecule has 2 unspecified atom stereocenters. The van der Waals surface area contributed by atoms with E-state index in [4.69, 9.17) is 5.84 Å². The highest BCUT2D eigenvalue weighted by Gasteiger charge is 2.18. The molecule has 0 heterocycles. The van der Waals surface area contributed by atoms with E-state index in [-0.39, 0.29) is 6.04 Å². The monoisotopic (exact) mass is 334 g/mol. The van der Waals surface area contributed by atoms with Crippen molar-refractivity contribution in [2.45, 2.75) is 26.3 Å². The number of hydrazine groups is 1. The number of hydrogen-bond acceptors (Lipinski definition) is 2. The van der Waals surface area contributed by atoms with Crippen LogP contribution in [0.3, 0.4) is 0 Å². The van der Waals surface area contributed by atoms with Gasteiger partial charge in [-0.1, -0.05) is 52.1 Å². The van der Waals surface area contributed by atoms with E-state index >= 15 is 0 Å². The highest BCUT2D eigenvalue weighted by Crippen LogP contribution is 2.31. The van der Waals surface area contributed by atoms with E-state index in [1.54, 1.807) is 0 Å². The summed E-state index contributed by atoms with van der Waals surface area (Å²) in [7, 11) is 0. The van der Waals surface area contributed by atoms with Crippen LogP contribution in [0.4, 0.5) is 0 Å². The molecule has 0 spiro atoms. The van der Waals surface area contributed by atoms with Crippen molar-refractivity contribution in [2.75, 3.05) is 0 Å². The standard InChI is InChI=1S/C11H16Br2N2/c1-3-7(2)11(15-14)9-6-8(12)4-5-10(9)13/h4-7,11,15H,3,14H2,1-2H3. The first kappa shape index (κ1) is 13.2. The Morgan fingerprint density at radius 1 is 1.40 bits per heavy atom. The molecule has 0 saturated carbocycles. The van der Waals surface area contributed by atoms with Crippen molar-refractivity contribution in [2.24, 2.45) is 11.8 Å². The topological polar surface area (TPSA) is 38.0 Å². The second-order valence-electron chi connectivity index (χ2n) is 3.70. The zero-order valence-electron chi connectivity index (χ0n) is 8.93. The molecular weight excluding hydrogens is 320 g/mol. The molecule has 0 aromatic heterocycles. The quantitative estimate of drug-likeness (QED) is 0.649. The van der Waals surface area contributed by atoms with Gasteiger partial charge in [-0.3, -0.25) is 11.3 Å². The third kappa shape index (κ3) is 3.28. The molecule has 0 amide bonds. The summed E-state index contributed by atoms with van der Waals surface area (Å²) >= 11 is 7.03. The Balaban J connectivity index is 3.05. The first-order valence-corrected chi connectivity index (χ1v) is 6.59. The predicted molar refractivity (Wildman–Crippen MR) is 71.4 cm³/mol. The molecule has 0 aliphatic rings. The minimum absolute atomic E-state index is 0.182. The van der Waals surface area contributed by atoms with E-state index < -0.39 is 0 Å². The molecule has 15 heavy (non-hydrogen) atoms. The van der Waals surface area contributed by atoms with Gasteiger partial charge in [0.15, 0.2) is 0 Å². The minimum atomic E-state index is 0.182. The third-order valence-electron chi connectivity index (χ3n) is 2.69. The van der Waals surface area contributed by atoms with Gasteiger partial charge in [0.05, 0.1) is 0 Å². The van der Waals surface area contributed by atoms with E-state index in [0.717, 1.165) is 15.4 Å². The Labute approximate surface area is 108 Å². The summed E-state index contributed by atoms with van der Waals surface area (Å²) in [6.45, 7) is 4.36. The number of benzene rings is 1. The van der Waals surface area contributed by atoms with E-state index in [2.05, 4.69) is 57.2 Å². The van der Waals surface area contributed by atoms with Crippen LogP contribution in [0.5, 0.6) is 0 Å². The molecule has 2 atom stereocenters. The van der Waals surface area contributed by atoms with Gasteiger partial charge in [0.1, 0.15) is 0 Å². The van der Waals surface area contributed by atoms with Gasteiger partial charge in [-0.05, 0) is 29.7 Å². The molecule has 1 rings (SSSR count). The zero-order valence-corrected chi connectivity index (χ0v) is 12.1. The predicted octanol–water partition coefficient (Wildman–Crippen LogP) is 3.76. The van der Waals surface area contributed by atoms with Crippen molar-refractivity contribution in [3.05, 3.63) is 32.7 Å². The lowest BCUT2D eigenvalue weighted by Crippen LogP contribution is -2.32. The summed E-state index contributed by atoms with van der Waals surface area (Å²) in [5.74, 6) is 6.11. The molecule has 0 fully saturated rings. The van der Waals surface area contributed by atoms with Crippen LogP contribution in [0.2, 0.25) is 0 Å². The Bertz CT molecular complexity index is 328. The van der Waals surface area contributed by atoms with Gasteiger partial charge < -0.3 is 0 Å². The fraction of sp³-hybridized carbons (Fsp3) is 0.455. The van der Waals surface area contributed by atoms with Crippen molar-refractivity contribution in [1.29, 1.82) is 0 Å². The van der Waals surface area contributed by atoms with Crippen LogP contribution >= 0.6 is 31.9 Å². The van der Waals surface area contributed by atoms with Crippen molar-refractivity contribution >= 4 is 31.9 Å². The lowest BCUT2D eigenvalue weighted by molar-refractivity contribution is 0.382. The highest BCUT2D eigenvalue weighted by atomic mass is 79.9. The van der Waals surface area contributed by atoms with Gasteiger partial charge >= 0.3 is 0 Å². The lowest BCUT2D eigenvalue weighted by atomic mass is 9.93. The van der Waals surface area contributed by atoms with Crippen LogP contribution < -0.4 is 11.3 Å². The van der Waals surface area contributed by atoms with Crippen LogP contribution in [0.1, 0.15) is 31.9 Å². The summed E-state index contributed by atoms with van der Waals surface area (Å²) in [6, 6.07) is 6.33. The highest BCUT2D eigenvalue weighted by molar-refractivity contribution is 9.11. The van der Waals surface area contributed by atoms with Crippen LogP contribution in [0.25, 0.3) is 0 Å². The molecule has 0 bridgehead atoms. The minimum Gasteiger partial charge on any atom is -0.271 e. The molecule has 0 aliphatic heterocycles. The van der Waals surface area contributed by atoms with E-state index in [0.29, 0.717) is 5.92 Å². The maximum absolute atomic E-state index is 5.61. The smallest absolute Gasteiger partial charge is 0.0496 e. The summed E-state index contributed by atoms with van der Waals surface area (Å²) in [5.41, 5.74) is 4.08. The normalized spacial score (nSPS) is 15.0. The van der Waals surface area contributed by atoms with Gasteiger partial charge in [-0.15, -0.1) is 0 Å². The summed E-state index contributed by atoms with van der Waals surface area (Å²) in [6.07, 6.45) is 1.09.